The SMILES string of the molecule is Cc1ccc(C)c2sc(-c3cccnc3)nc12. The molecule has 3 rings (SSSR count). The highest BCUT2D eigenvalue weighted by molar-refractivity contribution is 7.21. The molecule has 84 valence electrons. The van der Waals surface area contributed by atoms with Crippen LogP contribution < -0.4 is 0 Å². The Morgan fingerprint density at radius 3 is 2.59 bits per heavy atom. The maximum Gasteiger partial charge on any atom is 0.126 e. The Morgan fingerprint density at radius 1 is 1.06 bits per heavy atom. The van der Waals surface area contributed by atoms with Crippen molar-refractivity contribution >= 4 is 21.6 Å². The first-order chi connectivity index (χ1) is 8.25. The van der Waals surface area contributed by atoms with Crippen molar-refractivity contribution in [3.8, 4) is 10.6 Å². The van der Waals surface area contributed by atoms with E-state index in [9.17, 15) is 0 Å². The molecular weight excluding hydrogens is 228 g/mol. The van der Waals surface area contributed by atoms with Gasteiger partial charge in [-0.05, 0) is 37.1 Å². The summed E-state index contributed by atoms with van der Waals surface area (Å²) in [5, 5.41) is 1.05. The Kier molecular flexibility index (Phi) is 2.41. The van der Waals surface area contributed by atoms with Gasteiger partial charge in [0, 0.05) is 18.0 Å². The Hall–Kier alpha value is -1.74. The maximum atomic E-state index is 4.72. The second kappa shape index (κ2) is 3.93. The van der Waals surface area contributed by atoms with E-state index in [-0.39, 0.29) is 0 Å². The minimum absolute atomic E-state index is 1.05. The molecule has 1 aromatic carbocycles. The van der Waals surface area contributed by atoms with Crippen molar-refractivity contribution in [2.24, 2.45) is 0 Å². The molecule has 0 atom stereocenters. The van der Waals surface area contributed by atoms with Gasteiger partial charge in [0.2, 0.25) is 0 Å². The molecule has 0 saturated heterocycles. The summed E-state index contributed by atoms with van der Waals surface area (Å²) in [4.78, 5) is 8.86. The number of rotatable bonds is 1. The molecule has 17 heavy (non-hydrogen) atoms. The summed E-state index contributed by atoms with van der Waals surface area (Å²) in [5.41, 5.74) is 4.73. The van der Waals surface area contributed by atoms with E-state index < -0.39 is 0 Å². The first-order valence-corrected chi connectivity index (χ1v) is 6.34. The molecule has 2 aromatic heterocycles. The number of thiazole rings is 1. The zero-order chi connectivity index (χ0) is 11.8. The van der Waals surface area contributed by atoms with Gasteiger partial charge in [0.1, 0.15) is 5.01 Å². The molecule has 0 aliphatic carbocycles. The molecule has 2 nitrogen and oxygen atoms in total. The zero-order valence-electron chi connectivity index (χ0n) is 9.77. The molecule has 0 N–H and O–H groups in total. The van der Waals surface area contributed by atoms with Crippen molar-refractivity contribution in [2.45, 2.75) is 13.8 Å². The number of nitrogens with zero attached hydrogens (tertiary/aromatic N) is 2. The second-order valence-electron chi connectivity index (χ2n) is 4.14. The lowest BCUT2D eigenvalue weighted by Gasteiger charge is -1.96. The van der Waals surface area contributed by atoms with E-state index in [1.165, 1.54) is 15.8 Å². The molecule has 0 aliphatic heterocycles. The van der Waals surface area contributed by atoms with Gasteiger partial charge >= 0.3 is 0 Å². The van der Waals surface area contributed by atoms with Gasteiger partial charge < -0.3 is 0 Å². The van der Waals surface area contributed by atoms with Crippen LogP contribution in [0.5, 0.6) is 0 Å². The number of fused-ring (bicyclic) bond motifs is 1. The average molecular weight is 240 g/mol. The van der Waals surface area contributed by atoms with Crippen LogP contribution in [0.15, 0.2) is 36.7 Å². The van der Waals surface area contributed by atoms with Crippen LogP contribution in [0.1, 0.15) is 11.1 Å². The Morgan fingerprint density at radius 2 is 1.88 bits per heavy atom. The summed E-state index contributed by atoms with van der Waals surface area (Å²) in [6, 6.07) is 8.28. The fourth-order valence-electron chi connectivity index (χ4n) is 1.87. The predicted molar refractivity (Wildman–Crippen MR) is 72.3 cm³/mol. The monoisotopic (exact) mass is 240 g/mol. The van der Waals surface area contributed by atoms with E-state index >= 15 is 0 Å². The predicted octanol–water partition coefficient (Wildman–Crippen LogP) is 3.98. The highest BCUT2D eigenvalue weighted by Crippen LogP contribution is 2.33. The van der Waals surface area contributed by atoms with Crippen LogP contribution in [0.2, 0.25) is 0 Å². The first kappa shape index (κ1) is 10.4. The van der Waals surface area contributed by atoms with Crippen molar-refractivity contribution in [2.75, 3.05) is 0 Å². The minimum Gasteiger partial charge on any atom is -0.264 e. The van der Waals surface area contributed by atoms with Gasteiger partial charge in [-0.1, -0.05) is 12.1 Å². The normalized spacial score (nSPS) is 10.9. The Labute approximate surface area is 104 Å². The van der Waals surface area contributed by atoms with Crippen molar-refractivity contribution in [3.63, 3.8) is 0 Å². The third kappa shape index (κ3) is 1.72. The topological polar surface area (TPSA) is 25.8 Å². The zero-order valence-corrected chi connectivity index (χ0v) is 10.6. The van der Waals surface area contributed by atoms with Crippen LogP contribution in [0.4, 0.5) is 0 Å². The lowest BCUT2D eigenvalue weighted by molar-refractivity contribution is 1.32. The van der Waals surface area contributed by atoms with Gasteiger partial charge in [-0.15, -0.1) is 11.3 Å². The summed E-state index contributed by atoms with van der Waals surface area (Å²) in [7, 11) is 0. The van der Waals surface area contributed by atoms with Crippen molar-refractivity contribution in [1.82, 2.24) is 9.97 Å². The quantitative estimate of drug-likeness (QED) is 0.643. The minimum atomic E-state index is 1.05. The lowest BCUT2D eigenvalue weighted by Crippen LogP contribution is -1.80. The largest absolute Gasteiger partial charge is 0.264 e. The summed E-state index contributed by atoms with van der Waals surface area (Å²) in [5.74, 6) is 0. The molecule has 3 aromatic rings. The van der Waals surface area contributed by atoms with E-state index in [0.29, 0.717) is 0 Å². The van der Waals surface area contributed by atoms with E-state index in [4.69, 9.17) is 4.98 Å². The number of hydrogen-bond acceptors (Lipinski definition) is 3. The first-order valence-electron chi connectivity index (χ1n) is 5.53. The molecule has 3 heteroatoms. The number of benzene rings is 1. The van der Waals surface area contributed by atoms with Gasteiger partial charge in [-0.2, -0.15) is 0 Å². The molecule has 0 unspecified atom stereocenters. The third-order valence-electron chi connectivity index (χ3n) is 2.85. The maximum absolute atomic E-state index is 4.72. The Bertz CT molecular complexity index is 632. The summed E-state index contributed by atoms with van der Waals surface area (Å²) >= 11 is 1.74. The molecule has 0 amide bonds. The van der Waals surface area contributed by atoms with Crippen LogP contribution >= 0.6 is 11.3 Å². The van der Waals surface area contributed by atoms with Crippen LogP contribution in [0.25, 0.3) is 20.8 Å². The average Bonchev–Trinajstić information content (AvgIpc) is 2.81. The van der Waals surface area contributed by atoms with E-state index in [1.54, 1.807) is 17.5 Å². The fraction of sp³-hybridized carbons (Fsp3) is 0.143. The fourth-order valence-corrected chi connectivity index (χ4v) is 2.97. The highest BCUT2D eigenvalue weighted by Gasteiger charge is 2.09. The van der Waals surface area contributed by atoms with Crippen LogP contribution in [-0.2, 0) is 0 Å². The van der Waals surface area contributed by atoms with Gasteiger partial charge in [0.15, 0.2) is 0 Å². The van der Waals surface area contributed by atoms with Crippen molar-refractivity contribution in [1.29, 1.82) is 0 Å². The third-order valence-corrected chi connectivity index (χ3v) is 4.09. The van der Waals surface area contributed by atoms with Gasteiger partial charge in [-0.3, -0.25) is 4.98 Å². The molecule has 0 radical (unpaired) electrons. The van der Waals surface area contributed by atoms with Crippen molar-refractivity contribution < 1.29 is 0 Å². The van der Waals surface area contributed by atoms with Gasteiger partial charge in [0.25, 0.3) is 0 Å². The van der Waals surface area contributed by atoms with E-state index in [0.717, 1.165) is 16.1 Å². The summed E-state index contributed by atoms with van der Waals surface area (Å²) in [6.07, 6.45) is 3.65. The van der Waals surface area contributed by atoms with E-state index in [2.05, 4.69) is 37.0 Å². The molecule has 0 fully saturated rings. The highest BCUT2D eigenvalue weighted by atomic mass is 32.1. The number of aromatic nitrogens is 2. The molecule has 0 aliphatic rings. The molecule has 2 heterocycles. The lowest BCUT2D eigenvalue weighted by atomic mass is 10.1. The summed E-state index contributed by atoms with van der Waals surface area (Å²) in [6.45, 7) is 4.24. The van der Waals surface area contributed by atoms with Crippen LogP contribution in [0, 0.1) is 13.8 Å². The van der Waals surface area contributed by atoms with Crippen LogP contribution in [0.3, 0.4) is 0 Å². The van der Waals surface area contributed by atoms with Gasteiger partial charge in [0.05, 0.1) is 10.2 Å². The standard InChI is InChI=1S/C14H12N2S/c1-9-5-6-10(2)13-12(9)16-14(17-13)11-4-3-7-15-8-11/h3-8H,1-2H3. The van der Waals surface area contributed by atoms with Crippen LogP contribution in [-0.4, -0.2) is 9.97 Å². The van der Waals surface area contributed by atoms with E-state index in [1.807, 2.05) is 12.3 Å². The molecule has 0 saturated carbocycles. The van der Waals surface area contributed by atoms with Gasteiger partial charge in [-0.25, -0.2) is 4.98 Å². The van der Waals surface area contributed by atoms with Crippen molar-refractivity contribution in [3.05, 3.63) is 47.8 Å². The Balaban J connectivity index is 2.27. The molecule has 0 spiro atoms. The molecule has 0 bridgehead atoms. The number of pyridine rings is 1. The smallest absolute Gasteiger partial charge is 0.126 e. The number of hydrogen-bond donors (Lipinski definition) is 0. The summed E-state index contributed by atoms with van der Waals surface area (Å²) < 4.78 is 1.28. The second-order valence-corrected chi connectivity index (χ2v) is 5.14. The molecular formula is C14H12N2S. The number of aryl methyl sites for hydroxylation is 2.